The van der Waals surface area contributed by atoms with E-state index in [9.17, 15) is 4.39 Å². The minimum Gasteiger partial charge on any atom is -0.370 e. The summed E-state index contributed by atoms with van der Waals surface area (Å²) in [5.41, 5.74) is 11.9. The van der Waals surface area contributed by atoms with Crippen molar-refractivity contribution in [3.8, 4) is 0 Å². The number of benzene rings is 1. The maximum absolute atomic E-state index is 13.3. The summed E-state index contributed by atoms with van der Waals surface area (Å²) in [5, 5.41) is 0. The third-order valence-electron chi connectivity index (χ3n) is 1.94. The van der Waals surface area contributed by atoms with Crippen molar-refractivity contribution < 1.29 is 4.39 Å². The van der Waals surface area contributed by atoms with Gasteiger partial charge in [-0.1, -0.05) is 17.7 Å². The Bertz CT molecular complexity index is 356. The van der Waals surface area contributed by atoms with Gasteiger partial charge in [0.1, 0.15) is 5.82 Å². The highest BCUT2D eigenvalue weighted by atomic mass is 19.1. The number of aryl methyl sites for hydroxylation is 1. The molecular weight excluding hydrogens is 181 g/mol. The quantitative estimate of drug-likeness (QED) is 0.554. The van der Waals surface area contributed by atoms with E-state index in [0.717, 1.165) is 5.56 Å². The van der Waals surface area contributed by atoms with Gasteiger partial charge in [-0.05, 0) is 19.9 Å². The monoisotopic (exact) mass is 195 g/mol. The Hall–Kier alpha value is -1.58. The van der Waals surface area contributed by atoms with Crippen molar-refractivity contribution in [3.63, 3.8) is 0 Å². The zero-order valence-corrected chi connectivity index (χ0v) is 8.29. The van der Waals surface area contributed by atoms with Crippen LogP contribution in [0, 0.1) is 12.7 Å². The number of rotatable bonds is 2. The van der Waals surface area contributed by atoms with Gasteiger partial charge in [-0.2, -0.15) is 0 Å². The zero-order chi connectivity index (χ0) is 10.7. The molecular formula is C10H14FN3. The lowest BCUT2D eigenvalue weighted by molar-refractivity contribution is 0.593. The lowest BCUT2D eigenvalue weighted by Crippen LogP contribution is -2.23. The molecule has 4 heteroatoms. The first-order chi connectivity index (χ1) is 6.50. The van der Waals surface area contributed by atoms with Crippen LogP contribution < -0.4 is 11.5 Å². The van der Waals surface area contributed by atoms with Crippen LogP contribution in [0.3, 0.4) is 0 Å². The number of nitrogens with zero attached hydrogens (tertiary/aromatic N) is 1. The number of aliphatic imine (C=N–C) groups is 1. The molecule has 1 atom stereocenters. The van der Waals surface area contributed by atoms with Crippen molar-refractivity contribution in [1.29, 1.82) is 0 Å². The average molecular weight is 195 g/mol. The predicted molar refractivity (Wildman–Crippen MR) is 55.4 cm³/mol. The van der Waals surface area contributed by atoms with Crippen molar-refractivity contribution in [2.24, 2.45) is 16.5 Å². The zero-order valence-electron chi connectivity index (χ0n) is 8.29. The molecule has 0 aliphatic rings. The molecule has 0 bridgehead atoms. The van der Waals surface area contributed by atoms with Crippen molar-refractivity contribution in [1.82, 2.24) is 0 Å². The minimum atomic E-state index is -0.347. The van der Waals surface area contributed by atoms with Gasteiger partial charge in [-0.15, -0.1) is 0 Å². The maximum Gasteiger partial charge on any atom is 0.186 e. The Kier molecular flexibility index (Phi) is 3.06. The normalized spacial score (nSPS) is 12.2. The number of halogens is 1. The molecule has 0 fully saturated rings. The highest BCUT2D eigenvalue weighted by Crippen LogP contribution is 2.20. The van der Waals surface area contributed by atoms with E-state index in [1.807, 2.05) is 6.92 Å². The standard InChI is InChI=1S/C10H14FN3/c1-6-3-4-9(11)8(5-6)7(2)14-10(12)13/h3-5,7H,1-2H3,(H4,12,13,14). The molecule has 0 amide bonds. The van der Waals surface area contributed by atoms with E-state index < -0.39 is 0 Å². The molecule has 0 saturated carbocycles. The fraction of sp³-hybridized carbons (Fsp3) is 0.300. The summed E-state index contributed by atoms with van der Waals surface area (Å²) >= 11 is 0. The van der Waals surface area contributed by atoms with Gasteiger partial charge < -0.3 is 11.5 Å². The molecule has 0 aliphatic carbocycles. The van der Waals surface area contributed by atoms with Gasteiger partial charge in [0.2, 0.25) is 0 Å². The lowest BCUT2D eigenvalue weighted by atomic mass is 10.1. The first kappa shape index (κ1) is 10.5. The van der Waals surface area contributed by atoms with E-state index in [2.05, 4.69) is 4.99 Å². The number of hydrogen-bond donors (Lipinski definition) is 2. The molecule has 1 rings (SSSR count). The summed E-state index contributed by atoms with van der Waals surface area (Å²) in [6.45, 7) is 3.64. The molecule has 0 aromatic heterocycles. The number of nitrogens with two attached hydrogens (primary N) is 2. The van der Waals surface area contributed by atoms with E-state index in [4.69, 9.17) is 11.5 Å². The third kappa shape index (κ3) is 2.45. The molecule has 3 nitrogen and oxygen atoms in total. The second-order valence-electron chi connectivity index (χ2n) is 3.25. The van der Waals surface area contributed by atoms with Crippen molar-refractivity contribution in [2.75, 3.05) is 0 Å². The van der Waals surface area contributed by atoms with Gasteiger partial charge in [0.05, 0.1) is 6.04 Å². The van der Waals surface area contributed by atoms with Crippen LogP contribution in [0.2, 0.25) is 0 Å². The molecule has 0 saturated heterocycles. The Morgan fingerprint density at radius 2 is 2.07 bits per heavy atom. The highest BCUT2D eigenvalue weighted by molar-refractivity contribution is 5.76. The molecule has 0 heterocycles. The number of hydrogen-bond acceptors (Lipinski definition) is 1. The molecule has 0 aliphatic heterocycles. The Morgan fingerprint density at radius 3 is 2.64 bits per heavy atom. The van der Waals surface area contributed by atoms with E-state index in [-0.39, 0.29) is 17.8 Å². The van der Waals surface area contributed by atoms with Crippen molar-refractivity contribution in [3.05, 3.63) is 35.1 Å². The fourth-order valence-electron chi connectivity index (χ4n) is 1.28. The van der Waals surface area contributed by atoms with E-state index in [0.29, 0.717) is 5.56 Å². The smallest absolute Gasteiger partial charge is 0.186 e. The highest BCUT2D eigenvalue weighted by Gasteiger charge is 2.09. The molecule has 76 valence electrons. The van der Waals surface area contributed by atoms with E-state index in [1.54, 1.807) is 19.1 Å². The summed E-state index contributed by atoms with van der Waals surface area (Å²) in [7, 11) is 0. The van der Waals surface area contributed by atoms with Crippen molar-refractivity contribution in [2.45, 2.75) is 19.9 Å². The van der Waals surface area contributed by atoms with Gasteiger partial charge >= 0.3 is 0 Å². The van der Waals surface area contributed by atoms with Crippen LogP contribution >= 0.6 is 0 Å². The summed E-state index contributed by atoms with van der Waals surface area (Å²) in [5.74, 6) is -0.313. The second-order valence-corrected chi connectivity index (χ2v) is 3.25. The molecule has 4 N–H and O–H groups in total. The summed E-state index contributed by atoms with van der Waals surface area (Å²) < 4.78 is 13.3. The van der Waals surface area contributed by atoms with Crippen LogP contribution in [-0.4, -0.2) is 5.96 Å². The van der Waals surface area contributed by atoms with Gasteiger partial charge in [-0.25, -0.2) is 9.38 Å². The van der Waals surface area contributed by atoms with Gasteiger partial charge in [-0.3, -0.25) is 0 Å². The largest absolute Gasteiger partial charge is 0.370 e. The summed E-state index contributed by atoms with van der Waals surface area (Å²) in [6, 6.07) is 4.52. The summed E-state index contributed by atoms with van der Waals surface area (Å²) in [4.78, 5) is 3.88. The molecule has 0 radical (unpaired) electrons. The van der Waals surface area contributed by atoms with Gasteiger partial charge in [0.15, 0.2) is 5.96 Å². The van der Waals surface area contributed by atoms with E-state index in [1.165, 1.54) is 6.07 Å². The van der Waals surface area contributed by atoms with Crippen LogP contribution in [-0.2, 0) is 0 Å². The predicted octanol–water partition coefficient (Wildman–Crippen LogP) is 1.47. The topological polar surface area (TPSA) is 64.4 Å². The molecule has 1 aromatic carbocycles. The Morgan fingerprint density at radius 1 is 1.43 bits per heavy atom. The Labute approximate surface area is 82.6 Å². The second kappa shape index (κ2) is 4.09. The SMILES string of the molecule is Cc1ccc(F)c(C(C)N=C(N)N)c1. The van der Waals surface area contributed by atoms with Crippen LogP contribution in [0.15, 0.2) is 23.2 Å². The molecule has 1 unspecified atom stereocenters. The molecule has 14 heavy (non-hydrogen) atoms. The first-order valence-electron chi connectivity index (χ1n) is 4.35. The minimum absolute atomic E-state index is 0.0293. The van der Waals surface area contributed by atoms with Gasteiger partial charge in [0.25, 0.3) is 0 Å². The molecule has 0 spiro atoms. The van der Waals surface area contributed by atoms with Crippen LogP contribution in [0.1, 0.15) is 24.1 Å². The Balaban J connectivity index is 3.05. The van der Waals surface area contributed by atoms with Gasteiger partial charge in [0, 0.05) is 5.56 Å². The van der Waals surface area contributed by atoms with Crippen molar-refractivity contribution >= 4 is 5.96 Å². The third-order valence-corrected chi connectivity index (χ3v) is 1.94. The average Bonchev–Trinajstić information content (AvgIpc) is 2.08. The van der Waals surface area contributed by atoms with Crippen LogP contribution in [0.25, 0.3) is 0 Å². The fourth-order valence-corrected chi connectivity index (χ4v) is 1.28. The van der Waals surface area contributed by atoms with E-state index >= 15 is 0 Å². The van der Waals surface area contributed by atoms with Crippen LogP contribution in [0.4, 0.5) is 4.39 Å². The molecule has 1 aromatic rings. The summed E-state index contributed by atoms with van der Waals surface area (Å²) in [6.07, 6.45) is 0. The number of guanidine groups is 1. The van der Waals surface area contributed by atoms with Crippen LogP contribution in [0.5, 0.6) is 0 Å². The lowest BCUT2D eigenvalue weighted by Gasteiger charge is -2.09. The maximum atomic E-state index is 13.3. The first-order valence-corrected chi connectivity index (χ1v) is 4.35.